The quantitative estimate of drug-likeness (QED) is 0.460. The van der Waals surface area contributed by atoms with Gasteiger partial charge >= 0.3 is 5.82 Å². The Kier molecular flexibility index (Phi) is 6.09. The average Bonchev–Trinajstić information content (AvgIpc) is 3.19. The van der Waals surface area contributed by atoms with Gasteiger partial charge in [-0.05, 0) is 92.7 Å². The largest absolute Gasteiger partial charge is 0.313 e. The molecule has 3 aromatic rings. The van der Waals surface area contributed by atoms with Gasteiger partial charge in [0.05, 0.1) is 5.56 Å². The van der Waals surface area contributed by atoms with Crippen molar-refractivity contribution in [2.45, 2.75) is 44.1 Å². The third-order valence-electron chi connectivity index (χ3n) is 7.28. The van der Waals surface area contributed by atoms with Gasteiger partial charge in [-0.2, -0.15) is 4.57 Å². The highest BCUT2D eigenvalue weighted by atomic mass is 79.9. The SMILES string of the molecule is Brc1ccc(-[n+]2cn(C34CC5CC(CC(C5)C3)C4)nc2-c2ccccc2)cc1.[O-][Cl+3]([O-])([O-])[O-]. The first kappa shape index (κ1) is 23.0. The number of rotatable bonds is 3. The molecule has 0 spiro atoms. The molecule has 4 aliphatic rings. The second-order valence-electron chi connectivity index (χ2n) is 9.62. The zero-order valence-corrected chi connectivity index (χ0v) is 20.3. The van der Waals surface area contributed by atoms with Gasteiger partial charge in [-0.15, -0.1) is 14.9 Å². The van der Waals surface area contributed by atoms with E-state index in [4.69, 9.17) is 23.7 Å². The Labute approximate surface area is 203 Å². The average molecular weight is 535 g/mol. The maximum absolute atomic E-state index is 8.49. The molecule has 0 atom stereocenters. The van der Waals surface area contributed by atoms with Crippen molar-refractivity contribution in [2.75, 3.05) is 0 Å². The van der Waals surface area contributed by atoms with Gasteiger partial charge in [0.2, 0.25) is 6.33 Å². The van der Waals surface area contributed by atoms with Crippen LogP contribution < -0.4 is 23.2 Å². The van der Waals surface area contributed by atoms with Crippen LogP contribution in [0, 0.1) is 28.0 Å². The number of hydrogen-bond donors (Lipinski definition) is 0. The topological polar surface area (TPSA) is 114 Å². The normalized spacial score (nSPS) is 27.8. The standard InChI is InChI=1S/C24H25BrN3.ClHO4/c25-21-6-8-22(9-7-21)27-16-28(26-23(27)20-4-2-1-3-5-20)24-13-17-10-18(14-24)12-19(11-17)15-24;2-1(3,4)5/h1-9,16-19H,10-15H2;(H,2,3,4,5)/q+1;/p-1. The van der Waals surface area contributed by atoms with Crippen molar-refractivity contribution in [3.05, 3.63) is 65.4 Å². The highest BCUT2D eigenvalue weighted by molar-refractivity contribution is 9.10. The maximum Gasteiger partial charge on any atom is 0.313 e. The van der Waals surface area contributed by atoms with Crippen LogP contribution in [0.1, 0.15) is 38.5 Å². The van der Waals surface area contributed by atoms with Crippen LogP contribution in [0.15, 0.2) is 65.4 Å². The molecule has 0 unspecified atom stereocenters. The van der Waals surface area contributed by atoms with Gasteiger partial charge in [0.1, 0.15) is 11.2 Å². The summed E-state index contributed by atoms with van der Waals surface area (Å²) in [6.45, 7) is 0. The van der Waals surface area contributed by atoms with Crippen molar-refractivity contribution in [1.29, 1.82) is 0 Å². The Morgan fingerprint density at radius 1 is 0.848 bits per heavy atom. The molecule has 0 radical (unpaired) electrons. The van der Waals surface area contributed by atoms with E-state index in [0.29, 0.717) is 0 Å². The fraction of sp³-hybridized carbons (Fsp3) is 0.417. The molecule has 4 aliphatic carbocycles. The van der Waals surface area contributed by atoms with Crippen LogP contribution in [0.25, 0.3) is 17.1 Å². The van der Waals surface area contributed by atoms with E-state index in [9.17, 15) is 0 Å². The number of hydrogen-bond acceptors (Lipinski definition) is 5. The number of nitrogens with zero attached hydrogens (tertiary/aromatic N) is 3. The predicted molar refractivity (Wildman–Crippen MR) is 113 cm³/mol. The summed E-state index contributed by atoms with van der Waals surface area (Å²) in [6, 6.07) is 19.2. The molecule has 2 aromatic carbocycles. The smallest absolute Gasteiger partial charge is 0.222 e. The molecular weight excluding hydrogens is 510 g/mol. The lowest BCUT2D eigenvalue weighted by molar-refractivity contribution is -2.00. The molecule has 33 heavy (non-hydrogen) atoms. The summed E-state index contributed by atoms with van der Waals surface area (Å²) < 4.78 is 39.7. The van der Waals surface area contributed by atoms with Gasteiger partial charge < -0.3 is 0 Å². The van der Waals surface area contributed by atoms with E-state index in [1.165, 1.54) is 44.1 Å². The van der Waals surface area contributed by atoms with Gasteiger partial charge in [0, 0.05) is 9.57 Å². The lowest BCUT2D eigenvalue weighted by Crippen LogP contribution is -2.68. The van der Waals surface area contributed by atoms with Crippen LogP contribution in [-0.2, 0) is 5.54 Å². The Morgan fingerprint density at radius 2 is 1.36 bits per heavy atom. The molecule has 0 amide bonds. The second kappa shape index (κ2) is 8.76. The third kappa shape index (κ3) is 5.01. The summed E-state index contributed by atoms with van der Waals surface area (Å²) in [7, 11) is -4.94. The van der Waals surface area contributed by atoms with Gasteiger partial charge in [-0.1, -0.05) is 34.1 Å². The first-order valence-electron chi connectivity index (χ1n) is 11.1. The minimum absolute atomic E-state index is 0.235. The Hall–Kier alpha value is -1.81. The minimum Gasteiger partial charge on any atom is -0.222 e. The molecule has 4 saturated carbocycles. The van der Waals surface area contributed by atoms with E-state index in [-0.39, 0.29) is 5.54 Å². The van der Waals surface area contributed by atoms with Crippen LogP contribution in [0.2, 0.25) is 0 Å². The molecule has 1 aromatic heterocycles. The number of aromatic nitrogens is 3. The highest BCUT2D eigenvalue weighted by Crippen LogP contribution is 2.58. The summed E-state index contributed by atoms with van der Waals surface area (Å²) in [5.41, 5.74) is 2.57. The van der Waals surface area contributed by atoms with Crippen LogP contribution in [0.4, 0.5) is 0 Å². The summed E-state index contributed by atoms with van der Waals surface area (Å²) in [5, 5.41) is 5.24. The second-order valence-corrected chi connectivity index (χ2v) is 11.3. The van der Waals surface area contributed by atoms with Gasteiger partial charge in [-0.25, -0.2) is 18.6 Å². The fourth-order valence-electron chi connectivity index (χ4n) is 6.49. The first-order valence-corrected chi connectivity index (χ1v) is 13.2. The number of halogens is 2. The van der Waals surface area contributed by atoms with E-state index in [1.807, 2.05) is 0 Å². The van der Waals surface area contributed by atoms with Crippen molar-refractivity contribution < 1.29 is 33.4 Å². The van der Waals surface area contributed by atoms with Crippen molar-refractivity contribution in [3.8, 4) is 17.1 Å². The number of benzene rings is 2. The van der Waals surface area contributed by atoms with E-state index in [0.717, 1.165) is 33.7 Å². The van der Waals surface area contributed by atoms with E-state index in [1.54, 1.807) is 0 Å². The van der Waals surface area contributed by atoms with Gasteiger partial charge in [0.15, 0.2) is 0 Å². The van der Waals surface area contributed by atoms with Gasteiger partial charge in [0.25, 0.3) is 0 Å². The molecule has 0 saturated heterocycles. The van der Waals surface area contributed by atoms with Gasteiger partial charge in [-0.3, -0.25) is 0 Å². The Bertz CT molecular complexity index is 1070. The molecule has 4 bridgehead atoms. The molecule has 9 heteroatoms. The van der Waals surface area contributed by atoms with Crippen LogP contribution >= 0.6 is 15.9 Å². The van der Waals surface area contributed by atoms with E-state index >= 15 is 0 Å². The van der Waals surface area contributed by atoms with Crippen molar-refractivity contribution in [3.63, 3.8) is 0 Å². The van der Waals surface area contributed by atoms with Crippen LogP contribution in [-0.4, -0.2) is 9.78 Å². The third-order valence-corrected chi connectivity index (χ3v) is 7.81. The summed E-state index contributed by atoms with van der Waals surface area (Å²) >= 11 is 3.56. The molecule has 0 aliphatic heterocycles. The molecule has 1 heterocycles. The van der Waals surface area contributed by atoms with Crippen LogP contribution in [0.5, 0.6) is 0 Å². The molecule has 0 N–H and O–H groups in total. The molecule has 174 valence electrons. The maximum atomic E-state index is 8.49. The molecule has 7 rings (SSSR count). The summed E-state index contributed by atoms with van der Waals surface area (Å²) in [6.07, 6.45) is 10.6. The van der Waals surface area contributed by atoms with Crippen LogP contribution in [0.3, 0.4) is 0 Å². The summed E-state index contributed by atoms with van der Waals surface area (Å²) in [5.74, 6) is 3.78. The van der Waals surface area contributed by atoms with E-state index in [2.05, 4.69) is 86.1 Å². The van der Waals surface area contributed by atoms with Crippen molar-refractivity contribution in [2.24, 2.45) is 17.8 Å². The van der Waals surface area contributed by atoms with Crippen molar-refractivity contribution >= 4 is 15.9 Å². The first-order chi connectivity index (χ1) is 15.7. The minimum atomic E-state index is -4.94. The molecular formula is C24H25BrClN3O4. The van der Waals surface area contributed by atoms with E-state index < -0.39 is 10.2 Å². The molecule has 4 fully saturated rings. The van der Waals surface area contributed by atoms with Crippen molar-refractivity contribution in [1.82, 2.24) is 9.78 Å². The summed E-state index contributed by atoms with van der Waals surface area (Å²) in [4.78, 5) is 0. The zero-order chi connectivity index (χ0) is 23.2. The lowest BCUT2D eigenvalue weighted by Gasteiger charge is -2.54. The monoisotopic (exact) mass is 533 g/mol. The lowest BCUT2D eigenvalue weighted by atomic mass is 9.53. The predicted octanol–water partition coefficient (Wildman–Crippen LogP) is 0.759. The Balaban J connectivity index is 0.000000416. The fourth-order valence-corrected chi connectivity index (χ4v) is 6.75. The highest BCUT2D eigenvalue weighted by Gasteiger charge is 2.55. The Morgan fingerprint density at radius 3 is 1.88 bits per heavy atom. The molecule has 7 nitrogen and oxygen atoms in total. The zero-order valence-electron chi connectivity index (χ0n) is 18.0.